The van der Waals surface area contributed by atoms with Crippen molar-refractivity contribution in [3.05, 3.63) is 0 Å². The molecule has 4 N–H and O–H groups in total. The van der Waals surface area contributed by atoms with Crippen LogP contribution in [0.3, 0.4) is 0 Å². The number of amidine groups is 1. The molecule has 2 unspecified atom stereocenters. The average Bonchev–Trinajstić information content (AvgIpc) is 2.86. The number of amides is 1. The first-order chi connectivity index (χ1) is 9.56. The summed E-state index contributed by atoms with van der Waals surface area (Å²) >= 11 is 0. The summed E-state index contributed by atoms with van der Waals surface area (Å²) in [5.41, 5.74) is 4.99. The van der Waals surface area contributed by atoms with Gasteiger partial charge in [-0.15, -0.1) is 0 Å². The van der Waals surface area contributed by atoms with Gasteiger partial charge in [0.2, 0.25) is 5.91 Å². The Kier molecular flexibility index (Phi) is 4.52. The highest BCUT2D eigenvalue weighted by Crippen LogP contribution is 2.40. The van der Waals surface area contributed by atoms with Crippen molar-refractivity contribution in [2.45, 2.75) is 51.5 Å². The fourth-order valence-electron chi connectivity index (χ4n) is 3.64. The summed E-state index contributed by atoms with van der Waals surface area (Å²) in [7, 11) is 0. The molecular weight excluding hydrogens is 258 g/mol. The molecule has 1 heterocycles. The fraction of sp³-hybridized carbons (Fsp3) is 0.857. The van der Waals surface area contributed by atoms with Crippen LogP contribution in [0.5, 0.6) is 0 Å². The van der Waals surface area contributed by atoms with Crippen molar-refractivity contribution in [1.29, 1.82) is 0 Å². The molecule has 0 spiro atoms. The van der Waals surface area contributed by atoms with Gasteiger partial charge in [-0.05, 0) is 25.2 Å². The highest BCUT2D eigenvalue weighted by molar-refractivity contribution is 6.07. The number of rotatable bonds is 3. The minimum Gasteiger partial charge on any atom is -0.409 e. The van der Waals surface area contributed by atoms with E-state index in [1.165, 1.54) is 0 Å². The predicted molar refractivity (Wildman–Crippen MR) is 75.3 cm³/mol. The topological polar surface area (TPSA) is 99.2 Å². The number of likely N-dealkylation sites (tertiary alicyclic amines) is 1. The van der Waals surface area contributed by atoms with Gasteiger partial charge in [0.15, 0.2) is 5.84 Å². The van der Waals surface area contributed by atoms with Gasteiger partial charge in [0.25, 0.3) is 0 Å². The Labute approximate surface area is 119 Å². The van der Waals surface area contributed by atoms with Crippen LogP contribution in [-0.4, -0.2) is 46.1 Å². The van der Waals surface area contributed by atoms with E-state index in [9.17, 15) is 9.90 Å². The van der Waals surface area contributed by atoms with E-state index in [4.69, 9.17) is 10.9 Å². The first-order valence-electron chi connectivity index (χ1n) is 7.46. The van der Waals surface area contributed by atoms with Crippen molar-refractivity contribution in [2.24, 2.45) is 22.2 Å². The van der Waals surface area contributed by atoms with Gasteiger partial charge in [-0.3, -0.25) is 4.79 Å². The van der Waals surface area contributed by atoms with Crippen LogP contribution in [0, 0.1) is 11.3 Å². The van der Waals surface area contributed by atoms with Crippen molar-refractivity contribution >= 4 is 11.7 Å². The molecule has 1 amide bonds. The maximum atomic E-state index is 13.0. The lowest BCUT2D eigenvalue weighted by atomic mass is 9.72. The minimum absolute atomic E-state index is 0.0263. The molecule has 2 aliphatic rings. The standard InChI is InChI=1S/C14H25N3O3/c1-10-5-8-17(11(10)9-18)13(19)14(12(15)16-20)6-3-2-4-7-14/h10-11,18,20H,2-9H2,1H3,(H2,15,16). The zero-order valence-corrected chi connectivity index (χ0v) is 12.1. The Balaban J connectivity index is 2.27. The Bertz CT molecular complexity index is 391. The summed E-state index contributed by atoms with van der Waals surface area (Å²) < 4.78 is 0. The van der Waals surface area contributed by atoms with E-state index >= 15 is 0 Å². The quantitative estimate of drug-likeness (QED) is 0.310. The minimum atomic E-state index is -0.871. The smallest absolute Gasteiger partial charge is 0.236 e. The summed E-state index contributed by atoms with van der Waals surface area (Å²) in [6.45, 7) is 2.66. The van der Waals surface area contributed by atoms with Crippen molar-refractivity contribution in [3.63, 3.8) is 0 Å². The second-order valence-electron chi connectivity index (χ2n) is 6.14. The Morgan fingerprint density at radius 2 is 2.05 bits per heavy atom. The second-order valence-corrected chi connectivity index (χ2v) is 6.14. The van der Waals surface area contributed by atoms with Crippen LogP contribution >= 0.6 is 0 Å². The number of oxime groups is 1. The molecule has 0 bridgehead atoms. The molecule has 1 saturated heterocycles. The molecule has 0 aromatic rings. The first-order valence-corrected chi connectivity index (χ1v) is 7.46. The Morgan fingerprint density at radius 1 is 1.40 bits per heavy atom. The molecule has 6 nitrogen and oxygen atoms in total. The molecule has 1 aliphatic heterocycles. The van der Waals surface area contributed by atoms with Gasteiger partial charge in [-0.1, -0.05) is 31.3 Å². The molecule has 2 fully saturated rings. The second kappa shape index (κ2) is 5.99. The molecule has 2 rings (SSSR count). The van der Waals surface area contributed by atoms with Crippen molar-refractivity contribution < 1.29 is 15.1 Å². The lowest BCUT2D eigenvalue weighted by Gasteiger charge is -2.39. The lowest BCUT2D eigenvalue weighted by Crippen LogP contribution is -2.54. The number of carbonyl (C=O) groups is 1. The highest BCUT2D eigenvalue weighted by atomic mass is 16.4. The van der Waals surface area contributed by atoms with Gasteiger partial charge in [0, 0.05) is 6.54 Å². The normalized spacial score (nSPS) is 30.5. The molecule has 0 aromatic heterocycles. The summed E-state index contributed by atoms with van der Waals surface area (Å²) in [4.78, 5) is 14.7. The molecule has 1 saturated carbocycles. The first kappa shape index (κ1) is 15.1. The third kappa shape index (κ3) is 2.37. The summed E-state index contributed by atoms with van der Waals surface area (Å²) in [6.07, 6.45) is 5.05. The third-order valence-electron chi connectivity index (χ3n) is 5.04. The average molecular weight is 283 g/mol. The number of aliphatic hydroxyl groups is 1. The van der Waals surface area contributed by atoms with Crippen LogP contribution in [0.2, 0.25) is 0 Å². The predicted octanol–water partition coefficient (Wildman–Crippen LogP) is 0.913. The summed E-state index contributed by atoms with van der Waals surface area (Å²) in [5, 5.41) is 21.7. The van der Waals surface area contributed by atoms with E-state index in [0.717, 1.165) is 25.7 Å². The van der Waals surface area contributed by atoms with Gasteiger partial charge in [0.05, 0.1) is 12.6 Å². The molecule has 0 aromatic carbocycles. The number of hydrogen-bond acceptors (Lipinski definition) is 4. The van der Waals surface area contributed by atoms with E-state index in [1.54, 1.807) is 4.90 Å². The van der Waals surface area contributed by atoms with Crippen LogP contribution in [-0.2, 0) is 4.79 Å². The number of carbonyl (C=O) groups excluding carboxylic acids is 1. The van der Waals surface area contributed by atoms with E-state index < -0.39 is 5.41 Å². The van der Waals surface area contributed by atoms with Gasteiger partial charge in [0.1, 0.15) is 5.41 Å². The Morgan fingerprint density at radius 3 is 2.60 bits per heavy atom. The molecule has 1 aliphatic carbocycles. The number of nitrogens with two attached hydrogens (primary N) is 1. The van der Waals surface area contributed by atoms with Crippen LogP contribution in [0.4, 0.5) is 0 Å². The van der Waals surface area contributed by atoms with Crippen LogP contribution in [0.1, 0.15) is 45.4 Å². The molecule has 114 valence electrons. The van der Waals surface area contributed by atoms with Gasteiger partial charge in [-0.2, -0.15) is 0 Å². The van der Waals surface area contributed by atoms with Crippen molar-refractivity contribution in [3.8, 4) is 0 Å². The number of hydrogen-bond donors (Lipinski definition) is 3. The largest absolute Gasteiger partial charge is 0.409 e. The van der Waals surface area contributed by atoms with Gasteiger partial charge < -0.3 is 20.9 Å². The van der Waals surface area contributed by atoms with Crippen molar-refractivity contribution in [2.75, 3.05) is 13.2 Å². The fourth-order valence-corrected chi connectivity index (χ4v) is 3.64. The molecule has 2 atom stereocenters. The lowest BCUT2D eigenvalue weighted by molar-refractivity contribution is -0.142. The molecule has 20 heavy (non-hydrogen) atoms. The van der Waals surface area contributed by atoms with E-state index in [-0.39, 0.29) is 30.3 Å². The number of nitrogens with zero attached hydrogens (tertiary/aromatic N) is 2. The molecule has 6 heteroatoms. The van der Waals surface area contributed by atoms with Crippen LogP contribution in [0.15, 0.2) is 5.16 Å². The zero-order valence-electron chi connectivity index (χ0n) is 12.1. The molecule has 0 radical (unpaired) electrons. The number of aliphatic hydroxyl groups excluding tert-OH is 1. The maximum absolute atomic E-state index is 13.0. The van der Waals surface area contributed by atoms with Gasteiger partial charge in [-0.25, -0.2) is 0 Å². The zero-order chi connectivity index (χ0) is 14.8. The molecular formula is C14H25N3O3. The van der Waals surface area contributed by atoms with Gasteiger partial charge >= 0.3 is 0 Å². The van der Waals surface area contributed by atoms with Crippen LogP contribution < -0.4 is 5.73 Å². The van der Waals surface area contributed by atoms with E-state index in [0.29, 0.717) is 19.4 Å². The monoisotopic (exact) mass is 283 g/mol. The van der Waals surface area contributed by atoms with E-state index in [2.05, 4.69) is 5.16 Å². The summed E-state index contributed by atoms with van der Waals surface area (Å²) in [5.74, 6) is 0.242. The summed E-state index contributed by atoms with van der Waals surface area (Å²) in [6, 6.07) is -0.146. The Hall–Kier alpha value is -1.30. The maximum Gasteiger partial charge on any atom is 0.236 e. The van der Waals surface area contributed by atoms with Crippen LogP contribution in [0.25, 0.3) is 0 Å². The third-order valence-corrected chi connectivity index (χ3v) is 5.04. The highest BCUT2D eigenvalue weighted by Gasteiger charge is 2.49. The van der Waals surface area contributed by atoms with E-state index in [1.807, 2.05) is 6.92 Å². The SMILES string of the molecule is CC1CCN(C(=O)C2(C(N)=NO)CCCCC2)C1CO. The van der Waals surface area contributed by atoms with Crippen molar-refractivity contribution in [1.82, 2.24) is 4.90 Å².